The second kappa shape index (κ2) is 6.34. The van der Waals surface area contributed by atoms with Gasteiger partial charge < -0.3 is 5.11 Å². The fourth-order valence-electron chi connectivity index (χ4n) is 2.33. The van der Waals surface area contributed by atoms with Crippen molar-refractivity contribution in [3.05, 3.63) is 0 Å². The molecule has 1 N–H and O–H groups in total. The van der Waals surface area contributed by atoms with E-state index in [9.17, 15) is 22.0 Å². The number of alkyl halides is 2. The first-order valence-corrected chi connectivity index (χ1v) is 8.22. The predicted octanol–water partition coefficient (Wildman–Crippen LogP) is 1.79. The lowest BCUT2D eigenvalue weighted by Gasteiger charge is -2.32. The van der Waals surface area contributed by atoms with Gasteiger partial charge in [0, 0.05) is 25.9 Å². The first-order chi connectivity index (χ1) is 9.06. The molecule has 0 amide bonds. The van der Waals surface area contributed by atoms with Crippen molar-refractivity contribution in [1.82, 2.24) is 4.31 Å². The quantitative estimate of drug-likeness (QED) is 0.811. The van der Waals surface area contributed by atoms with Crippen LogP contribution in [0.3, 0.4) is 0 Å². The maximum atomic E-state index is 13.7. The fourth-order valence-corrected chi connectivity index (χ4v) is 3.95. The maximum absolute atomic E-state index is 13.7. The van der Waals surface area contributed by atoms with E-state index in [1.54, 1.807) is 0 Å². The Morgan fingerprint density at radius 2 is 2.05 bits per heavy atom. The van der Waals surface area contributed by atoms with Crippen LogP contribution in [0.15, 0.2) is 0 Å². The normalized spacial score (nSPS) is 24.6. The van der Waals surface area contributed by atoms with Crippen molar-refractivity contribution in [2.24, 2.45) is 11.8 Å². The van der Waals surface area contributed by atoms with Gasteiger partial charge in [-0.15, -0.1) is 0 Å². The smallest absolute Gasteiger partial charge is 0.307 e. The standard InChI is InChI=1S/C12H21F2NO4S/c1-9(11(16)17)7-15(2)20(18,19)8-10-5-3-4-6-12(10,13)14/h9-10H,3-8H2,1-2H3,(H,16,17). The predicted molar refractivity (Wildman–Crippen MR) is 70.1 cm³/mol. The van der Waals surface area contributed by atoms with Crippen LogP contribution in [-0.2, 0) is 14.8 Å². The zero-order valence-electron chi connectivity index (χ0n) is 11.7. The van der Waals surface area contributed by atoms with E-state index in [4.69, 9.17) is 5.11 Å². The number of hydrogen-bond donors (Lipinski definition) is 1. The summed E-state index contributed by atoms with van der Waals surface area (Å²) in [6.45, 7) is 1.17. The number of halogens is 2. The molecule has 0 heterocycles. The summed E-state index contributed by atoms with van der Waals surface area (Å²) in [6.07, 6.45) is 0.928. The molecule has 1 saturated carbocycles. The minimum atomic E-state index is -3.87. The van der Waals surface area contributed by atoms with Crippen molar-refractivity contribution in [2.75, 3.05) is 19.3 Å². The summed E-state index contributed by atoms with van der Waals surface area (Å²) >= 11 is 0. The third-order valence-electron chi connectivity index (χ3n) is 3.75. The number of carboxylic acids is 1. The van der Waals surface area contributed by atoms with Crippen LogP contribution in [0, 0.1) is 11.8 Å². The molecule has 0 aromatic rings. The molecule has 0 aliphatic heterocycles. The molecule has 1 rings (SSSR count). The second-order valence-corrected chi connectivity index (χ2v) is 7.62. The highest BCUT2D eigenvalue weighted by atomic mass is 32.2. The summed E-state index contributed by atoms with van der Waals surface area (Å²) in [5.74, 6) is -6.74. The lowest BCUT2D eigenvalue weighted by atomic mass is 9.87. The third kappa shape index (κ3) is 4.37. The second-order valence-electron chi connectivity index (χ2n) is 5.50. The highest BCUT2D eigenvalue weighted by Gasteiger charge is 2.44. The Morgan fingerprint density at radius 3 is 2.55 bits per heavy atom. The Kier molecular flexibility index (Phi) is 5.48. The zero-order chi connectivity index (χ0) is 15.6. The van der Waals surface area contributed by atoms with Crippen LogP contribution < -0.4 is 0 Å². The van der Waals surface area contributed by atoms with Gasteiger partial charge in [0.05, 0.1) is 11.7 Å². The topological polar surface area (TPSA) is 74.7 Å². The van der Waals surface area contributed by atoms with E-state index in [1.807, 2.05) is 0 Å². The molecule has 0 radical (unpaired) electrons. The van der Waals surface area contributed by atoms with Crippen molar-refractivity contribution >= 4 is 16.0 Å². The van der Waals surface area contributed by atoms with E-state index in [2.05, 4.69) is 0 Å². The van der Waals surface area contributed by atoms with Crippen LogP contribution in [0.5, 0.6) is 0 Å². The van der Waals surface area contributed by atoms with Crippen LogP contribution in [0.2, 0.25) is 0 Å². The van der Waals surface area contributed by atoms with Crippen LogP contribution in [-0.4, -0.2) is 49.1 Å². The van der Waals surface area contributed by atoms with E-state index in [0.717, 1.165) is 4.31 Å². The Morgan fingerprint density at radius 1 is 1.45 bits per heavy atom. The summed E-state index contributed by atoms with van der Waals surface area (Å²) in [5, 5.41) is 8.76. The number of rotatable bonds is 6. The molecule has 0 aromatic heterocycles. The molecule has 2 atom stereocenters. The SMILES string of the molecule is CC(CN(C)S(=O)(=O)CC1CCCCC1(F)F)C(=O)O. The number of aliphatic carboxylic acids is 1. The Bertz CT molecular complexity index is 452. The monoisotopic (exact) mass is 313 g/mol. The Labute approximate surface area is 118 Å². The summed E-state index contributed by atoms with van der Waals surface area (Å²) in [7, 11) is -2.64. The average Bonchev–Trinajstić information content (AvgIpc) is 2.31. The summed E-state index contributed by atoms with van der Waals surface area (Å²) in [6, 6.07) is 0. The highest BCUT2D eigenvalue weighted by molar-refractivity contribution is 7.89. The molecule has 1 aliphatic rings. The van der Waals surface area contributed by atoms with Gasteiger partial charge in [0.15, 0.2) is 0 Å². The van der Waals surface area contributed by atoms with E-state index in [-0.39, 0.29) is 19.4 Å². The molecule has 118 valence electrons. The van der Waals surface area contributed by atoms with E-state index in [1.165, 1.54) is 14.0 Å². The molecule has 2 unspecified atom stereocenters. The van der Waals surface area contributed by atoms with Gasteiger partial charge >= 0.3 is 5.97 Å². The molecule has 1 fully saturated rings. The molecule has 0 aromatic carbocycles. The Hall–Kier alpha value is -0.760. The summed E-state index contributed by atoms with van der Waals surface area (Å²) in [5.41, 5.74) is 0. The van der Waals surface area contributed by atoms with Crippen molar-refractivity contribution in [2.45, 2.75) is 38.5 Å². The average molecular weight is 313 g/mol. The van der Waals surface area contributed by atoms with E-state index in [0.29, 0.717) is 12.8 Å². The molecule has 0 bridgehead atoms. The molecule has 5 nitrogen and oxygen atoms in total. The summed E-state index contributed by atoms with van der Waals surface area (Å²) in [4.78, 5) is 10.7. The lowest BCUT2D eigenvalue weighted by molar-refractivity contribution is -0.141. The van der Waals surface area contributed by atoms with Crippen molar-refractivity contribution < 1.29 is 27.1 Å². The van der Waals surface area contributed by atoms with Gasteiger partial charge in [-0.25, -0.2) is 21.5 Å². The fraction of sp³-hybridized carbons (Fsp3) is 0.917. The van der Waals surface area contributed by atoms with E-state index < -0.39 is 39.5 Å². The van der Waals surface area contributed by atoms with Crippen molar-refractivity contribution in [3.8, 4) is 0 Å². The number of carboxylic acid groups (broad SMARTS) is 1. The number of carbonyl (C=O) groups is 1. The Balaban J connectivity index is 2.71. The van der Waals surface area contributed by atoms with Gasteiger partial charge in [-0.1, -0.05) is 13.3 Å². The maximum Gasteiger partial charge on any atom is 0.307 e. The third-order valence-corrected chi connectivity index (χ3v) is 5.67. The first kappa shape index (κ1) is 17.3. The molecule has 0 spiro atoms. The van der Waals surface area contributed by atoms with Gasteiger partial charge in [0.2, 0.25) is 10.0 Å². The molecular weight excluding hydrogens is 292 g/mol. The van der Waals surface area contributed by atoms with Gasteiger partial charge in [-0.3, -0.25) is 4.79 Å². The zero-order valence-corrected chi connectivity index (χ0v) is 12.5. The van der Waals surface area contributed by atoms with Crippen LogP contribution in [0.1, 0.15) is 32.6 Å². The molecule has 20 heavy (non-hydrogen) atoms. The lowest BCUT2D eigenvalue weighted by Crippen LogP contribution is -2.42. The van der Waals surface area contributed by atoms with Gasteiger partial charge in [0.1, 0.15) is 0 Å². The number of sulfonamides is 1. The summed E-state index contributed by atoms with van der Waals surface area (Å²) < 4.78 is 52.3. The van der Waals surface area contributed by atoms with Gasteiger partial charge in [-0.2, -0.15) is 0 Å². The molecule has 8 heteroatoms. The first-order valence-electron chi connectivity index (χ1n) is 6.61. The minimum absolute atomic E-state index is 0.189. The van der Waals surface area contributed by atoms with Crippen LogP contribution >= 0.6 is 0 Å². The van der Waals surface area contributed by atoms with E-state index >= 15 is 0 Å². The number of nitrogens with zero attached hydrogens (tertiary/aromatic N) is 1. The number of hydrogen-bond acceptors (Lipinski definition) is 3. The molecular formula is C12H21F2NO4S. The minimum Gasteiger partial charge on any atom is -0.481 e. The van der Waals surface area contributed by atoms with Gasteiger partial charge in [0.25, 0.3) is 5.92 Å². The molecule has 0 saturated heterocycles. The van der Waals surface area contributed by atoms with Crippen molar-refractivity contribution in [1.29, 1.82) is 0 Å². The molecule has 1 aliphatic carbocycles. The highest BCUT2D eigenvalue weighted by Crippen LogP contribution is 2.39. The van der Waals surface area contributed by atoms with Gasteiger partial charge in [-0.05, 0) is 12.8 Å². The van der Waals surface area contributed by atoms with Crippen molar-refractivity contribution in [3.63, 3.8) is 0 Å². The largest absolute Gasteiger partial charge is 0.481 e. The van der Waals surface area contributed by atoms with Crippen LogP contribution in [0.4, 0.5) is 8.78 Å². The van der Waals surface area contributed by atoms with Crippen LogP contribution in [0.25, 0.3) is 0 Å².